The Balaban J connectivity index is 2.13. The van der Waals surface area contributed by atoms with E-state index in [1.165, 1.54) is 0 Å². The van der Waals surface area contributed by atoms with Crippen LogP contribution < -0.4 is 9.62 Å². The minimum atomic E-state index is -3.61. The second-order valence-electron chi connectivity index (χ2n) is 5.97. The van der Waals surface area contributed by atoms with E-state index in [9.17, 15) is 13.2 Å². The topological polar surface area (TPSA) is 66.5 Å². The molecule has 0 heterocycles. The molecule has 0 aliphatic heterocycles. The first-order valence-electron chi connectivity index (χ1n) is 7.73. The first kappa shape index (κ1) is 19.3. The molecule has 0 radical (unpaired) electrons. The van der Waals surface area contributed by atoms with Crippen LogP contribution in [-0.4, -0.2) is 27.1 Å². The van der Waals surface area contributed by atoms with Gasteiger partial charge in [0.05, 0.1) is 11.9 Å². The molecule has 0 spiro atoms. The van der Waals surface area contributed by atoms with E-state index in [2.05, 4.69) is 5.32 Å². The van der Waals surface area contributed by atoms with Crippen LogP contribution in [0.2, 0.25) is 5.02 Å². The monoisotopic (exact) mass is 380 g/mol. The molecule has 2 aromatic carbocycles. The third-order valence-electron chi connectivity index (χ3n) is 3.69. The summed E-state index contributed by atoms with van der Waals surface area (Å²) in [6.45, 7) is 3.79. The lowest BCUT2D eigenvalue weighted by Crippen LogP contribution is -2.40. The zero-order valence-corrected chi connectivity index (χ0v) is 16.0. The summed E-state index contributed by atoms with van der Waals surface area (Å²) in [5.41, 5.74) is 3.19. The number of carbonyl (C=O) groups excluding carboxylic acids is 1. The molecule has 0 aliphatic rings. The number of benzene rings is 2. The van der Waals surface area contributed by atoms with E-state index in [4.69, 9.17) is 11.6 Å². The standard InChI is InChI=1S/C18H21ClN2O3S/c1-13-5-4-6-15(9-13)11-20-18(22)12-21(25(3,23)24)17-8-7-16(19)10-14(17)2/h4-10H,11-12H2,1-3H3,(H,20,22). The van der Waals surface area contributed by atoms with Crippen LogP contribution in [-0.2, 0) is 21.4 Å². The molecule has 25 heavy (non-hydrogen) atoms. The molecule has 0 saturated carbocycles. The summed E-state index contributed by atoms with van der Waals surface area (Å²) in [4.78, 5) is 12.3. The molecule has 0 fully saturated rings. The molecule has 0 atom stereocenters. The lowest BCUT2D eigenvalue weighted by atomic mass is 10.1. The minimum Gasteiger partial charge on any atom is -0.350 e. The van der Waals surface area contributed by atoms with Gasteiger partial charge in [-0.3, -0.25) is 9.10 Å². The van der Waals surface area contributed by atoms with Crippen LogP contribution in [0.15, 0.2) is 42.5 Å². The van der Waals surface area contributed by atoms with Gasteiger partial charge < -0.3 is 5.32 Å². The van der Waals surface area contributed by atoms with Gasteiger partial charge in [0.2, 0.25) is 15.9 Å². The van der Waals surface area contributed by atoms with Gasteiger partial charge >= 0.3 is 0 Å². The highest BCUT2D eigenvalue weighted by atomic mass is 35.5. The number of nitrogens with zero attached hydrogens (tertiary/aromatic N) is 1. The number of amides is 1. The van der Waals surface area contributed by atoms with Gasteiger partial charge in [0.15, 0.2) is 0 Å². The third-order valence-corrected chi connectivity index (χ3v) is 5.05. The zero-order valence-electron chi connectivity index (χ0n) is 14.4. The first-order valence-corrected chi connectivity index (χ1v) is 9.95. The van der Waals surface area contributed by atoms with Gasteiger partial charge in [-0.15, -0.1) is 0 Å². The largest absolute Gasteiger partial charge is 0.350 e. The Morgan fingerprint density at radius 2 is 1.88 bits per heavy atom. The summed E-state index contributed by atoms with van der Waals surface area (Å²) in [6, 6.07) is 12.6. The number of hydrogen-bond acceptors (Lipinski definition) is 3. The number of nitrogens with one attached hydrogen (secondary N) is 1. The molecule has 0 aromatic heterocycles. The maximum absolute atomic E-state index is 12.3. The van der Waals surface area contributed by atoms with Gasteiger partial charge in [-0.05, 0) is 43.2 Å². The van der Waals surface area contributed by atoms with Gasteiger partial charge in [-0.25, -0.2) is 8.42 Å². The molecule has 134 valence electrons. The SMILES string of the molecule is Cc1cccc(CNC(=O)CN(c2ccc(Cl)cc2C)S(C)(=O)=O)c1. The molecule has 1 amide bonds. The molecule has 2 aromatic rings. The molecule has 0 saturated heterocycles. The fraction of sp³-hybridized carbons (Fsp3) is 0.278. The predicted octanol–water partition coefficient (Wildman–Crippen LogP) is 3.04. The quantitative estimate of drug-likeness (QED) is 0.837. The van der Waals surface area contributed by atoms with Crippen molar-refractivity contribution < 1.29 is 13.2 Å². The Morgan fingerprint density at radius 1 is 1.16 bits per heavy atom. The van der Waals surface area contributed by atoms with E-state index < -0.39 is 10.0 Å². The summed E-state index contributed by atoms with van der Waals surface area (Å²) < 4.78 is 25.4. The molecule has 1 N–H and O–H groups in total. The molecule has 0 aliphatic carbocycles. The second kappa shape index (κ2) is 7.89. The Morgan fingerprint density at radius 3 is 2.48 bits per heavy atom. The Kier molecular flexibility index (Phi) is 6.08. The number of carbonyl (C=O) groups is 1. The van der Waals surface area contributed by atoms with Crippen molar-refractivity contribution in [1.82, 2.24) is 5.32 Å². The maximum atomic E-state index is 12.3. The summed E-state index contributed by atoms with van der Waals surface area (Å²) in [7, 11) is -3.61. The van der Waals surface area contributed by atoms with Crippen molar-refractivity contribution in [1.29, 1.82) is 0 Å². The van der Waals surface area contributed by atoms with Crippen LogP contribution in [0.5, 0.6) is 0 Å². The number of hydrogen-bond donors (Lipinski definition) is 1. The average Bonchev–Trinajstić information content (AvgIpc) is 2.50. The normalized spacial score (nSPS) is 11.2. The summed E-state index contributed by atoms with van der Waals surface area (Å²) in [5, 5.41) is 3.27. The zero-order chi connectivity index (χ0) is 18.6. The van der Waals surface area contributed by atoms with Crippen molar-refractivity contribution in [2.75, 3.05) is 17.1 Å². The van der Waals surface area contributed by atoms with E-state index >= 15 is 0 Å². The molecular weight excluding hydrogens is 360 g/mol. The maximum Gasteiger partial charge on any atom is 0.241 e. The molecule has 7 heteroatoms. The van der Waals surface area contributed by atoms with Gasteiger partial charge in [-0.2, -0.15) is 0 Å². The van der Waals surface area contributed by atoms with Gasteiger partial charge in [0.1, 0.15) is 6.54 Å². The van der Waals surface area contributed by atoms with Crippen LogP contribution >= 0.6 is 11.6 Å². The highest BCUT2D eigenvalue weighted by molar-refractivity contribution is 7.92. The number of aryl methyl sites for hydroxylation is 2. The van der Waals surface area contributed by atoms with E-state index in [1.54, 1.807) is 25.1 Å². The van der Waals surface area contributed by atoms with Crippen molar-refractivity contribution in [2.45, 2.75) is 20.4 Å². The second-order valence-corrected chi connectivity index (χ2v) is 8.31. The molecule has 0 bridgehead atoms. The van der Waals surface area contributed by atoms with Crippen molar-refractivity contribution in [3.63, 3.8) is 0 Å². The Bertz CT molecular complexity index is 882. The van der Waals surface area contributed by atoms with Crippen LogP contribution in [0.25, 0.3) is 0 Å². The predicted molar refractivity (Wildman–Crippen MR) is 101 cm³/mol. The highest BCUT2D eigenvalue weighted by Gasteiger charge is 2.22. The minimum absolute atomic E-state index is 0.285. The molecule has 2 rings (SSSR count). The van der Waals surface area contributed by atoms with Crippen molar-refractivity contribution in [2.24, 2.45) is 0 Å². The van der Waals surface area contributed by atoms with E-state index in [1.807, 2.05) is 31.2 Å². The first-order chi connectivity index (χ1) is 11.7. The van der Waals surface area contributed by atoms with Gasteiger partial charge in [-0.1, -0.05) is 41.4 Å². The fourth-order valence-corrected chi connectivity index (χ4v) is 3.63. The van der Waals surface area contributed by atoms with Crippen LogP contribution in [0.1, 0.15) is 16.7 Å². The Labute approximate surface area is 153 Å². The lowest BCUT2D eigenvalue weighted by molar-refractivity contribution is -0.119. The summed E-state index contributed by atoms with van der Waals surface area (Å²) in [6.07, 6.45) is 1.08. The van der Waals surface area contributed by atoms with Crippen molar-refractivity contribution in [3.8, 4) is 0 Å². The lowest BCUT2D eigenvalue weighted by Gasteiger charge is -2.23. The number of anilines is 1. The van der Waals surface area contributed by atoms with Gasteiger partial charge in [0.25, 0.3) is 0 Å². The molecule has 0 unspecified atom stereocenters. The number of sulfonamides is 1. The van der Waals surface area contributed by atoms with Crippen molar-refractivity contribution >= 4 is 33.2 Å². The van der Waals surface area contributed by atoms with E-state index in [-0.39, 0.29) is 12.5 Å². The van der Waals surface area contributed by atoms with Gasteiger partial charge in [0, 0.05) is 11.6 Å². The summed E-state index contributed by atoms with van der Waals surface area (Å²) in [5.74, 6) is -0.374. The highest BCUT2D eigenvalue weighted by Crippen LogP contribution is 2.25. The molecule has 5 nitrogen and oxygen atoms in total. The summed E-state index contributed by atoms with van der Waals surface area (Å²) >= 11 is 5.92. The van der Waals surface area contributed by atoms with E-state index in [0.29, 0.717) is 22.8 Å². The van der Waals surface area contributed by atoms with Crippen LogP contribution in [0, 0.1) is 13.8 Å². The van der Waals surface area contributed by atoms with Crippen molar-refractivity contribution in [3.05, 3.63) is 64.2 Å². The smallest absolute Gasteiger partial charge is 0.241 e. The van der Waals surface area contributed by atoms with Crippen LogP contribution in [0.3, 0.4) is 0 Å². The third kappa shape index (κ3) is 5.47. The Hall–Kier alpha value is -2.05. The van der Waals surface area contributed by atoms with E-state index in [0.717, 1.165) is 21.7 Å². The number of rotatable bonds is 6. The van der Waals surface area contributed by atoms with Crippen LogP contribution in [0.4, 0.5) is 5.69 Å². The molecular formula is C18H21ClN2O3S. The number of halogens is 1. The average molecular weight is 381 g/mol. The fourth-order valence-electron chi connectivity index (χ4n) is 2.49.